The van der Waals surface area contributed by atoms with E-state index in [-0.39, 0.29) is 21.3 Å². The second-order valence-electron chi connectivity index (χ2n) is 6.81. The zero-order valence-electron chi connectivity index (χ0n) is 16.3. The Bertz CT molecular complexity index is 1180. The lowest BCUT2D eigenvalue weighted by molar-refractivity contribution is 0.0939. The van der Waals surface area contributed by atoms with Crippen LogP contribution in [-0.2, 0) is 10.0 Å². The van der Waals surface area contributed by atoms with E-state index in [2.05, 4.69) is 10.0 Å². The van der Waals surface area contributed by atoms with E-state index in [1.54, 1.807) is 50.2 Å². The first kappa shape index (κ1) is 21.8. The van der Waals surface area contributed by atoms with Crippen molar-refractivity contribution in [3.8, 4) is 0 Å². The third-order valence-electron chi connectivity index (χ3n) is 4.59. The largest absolute Gasteiger partial charge is 0.346 e. The van der Waals surface area contributed by atoms with E-state index in [4.69, 9.17) is 11.6 Å². The number of carbonyl (C=O) groups is 1. The van der Waals surface area contributed by atoms with E-state index in [9.17, 15) is 17.6 Å². The molecule has 3 aromatic rings. The Morgan fingerprint density at radius 2 is 1.70 bits per heavy atom. The van der Waals surface area contributed by atoms with Crippen LogP contribution in [0.15, 0.2) is 71.6 Å². The summed E-state index contributed by atoms with van der Waals surface area (Å²) in [7, 11) is -4.01. The van der Waals surface area contributed by atoms with Crippen molar-refractivity contribution in [2.24, 2.45) is 0 Å². The average molecular weight is 447 g/mol. The van der Waals surface area contributed by atoms with Gasteiger partial charge in [-0.15, -0.1) is 0 Å². The van der Waals surface area contributed by atoms with Gasteiger partial charge < -0.3 is 5.32 Å². The molecule has 3 rings (SSSR count). The molecule has 3 aromatic carbocycles. The van der Waals surface area contributed by atoms with E-state index in [0.29, 0.717) is 11.3 Å². The van der Waals surface area contributed by atoms with Crippen molar-refractivity contribution in [3.05, 3.63) is 94.3 Å². The van der Waals surface area contributed by atoms with Crippen LogP contribution in [0.4, 0.5) is 10.1 Å². The van der Waals surface area contributed by atoms with Crippen LogP contribution in [0.5, 0.6) is 0 Å². The number of benzene rings is 3. The standard InChI is InChI=1S/C22H20ClFN2O3S/c1-14-5-3-4-6-20(14)26-30(28,29)21-13-17(9-12-19(21)23)22(27)25-15(2)16-7-10-18(24)11-8-16/h3-13,15,26H,1-2H3,(H,25,27). The van der Waals surface area contributed by atoms with Crippen molar-refractivity contribution in [2.45, 2.75) is 24.8 Å². The summed E-state index contributed by atoms with van der Waals surface area (Å²) >= 11 is 6.12. The van der Waals surface area contributed by atoms with Crippen LogP contribution in [0.2, 0.25) is 5.02 Å². The number of sulfonamides is 1. The van der Waals surface area contributed by atoms with Gasteiger partial charge in [0.2, 0.25) is 0 Å². The van der Waals surface area contributed by atoms with E-state index >= 15 is 0 Å². The van der Waals surface area contributed by atoms with Crippen molar-refractivity contribution in [1.82, 2.24) is 5.32 Å². The van der Waals surface area contributed by atoms with E-state index in [0.717, 1.165) is 5.56 Å². The second-order valence-corrected chi connectivity index (χ2v) is 8.87. The molecule has 0 aliphatic carbocycles. The number of carbonyl (C=O) groups excluding carboxylic acids is 1. The number of nitrogens with one attached hydrogen (secondary N) is 2. The normalized spacial score (nSPS) is 12.3. The highest BCUT2D eigenvalue weighted by molar-refractivity contribution is 7.92. The maximum Gasteiger partial charge on any atom is 0.263 e. The van der Waals surface area contributed by atoms with Crippen molar-refractivity contribution in [2.75, 3.05) is 4.72 Å². The monoisotopic (exact) mass is 446 g/mol. The molecule has 0 saturated carbocycles. The van der Waals surface area contributed by atoms with Gasteiger partial charge in [-0.2, -0.15) is 0 Å². The van der Waals surface area contributed by atoms with Gasteiger partial charge in [0, 0.05) is 5.56 Å². The van der Waals surface area contributed by atoms with E-state index in [1.807, 2.05) is 0 Å². The highest BCUT2D eigenvalue weighted by atomic mass is 35.5. The second kappa shape index (κ2) is 8.85. The molecule has 1 amide bonds. The van der Waals surface area contributed by atoms with Gasteiger partial charge in [-0.05, 0) is 61.4 Å². The summed E-state index contributed by atoms with van der Waals surface area (Å²) in [4.78, 5) is 12.5. The number of hydrogen-bond acceptors (Lipinski definition) is 3. The summed E-state index contributed by atoms with van der Waals surface area (Å²) in [6.07, 6.45) is 0. The molecule has 0 radical (unpaired) electrons. The lowest BCUT2D eigenvalue weighted by atomic mass is 10.1. The van der Waals surface area contributed by atoms with E-state index < -0.39 is 22.0 Å². The molecule has 0 fully saturated rings. The van der Waals surface area contributed by atoms with Crippen LogP contribution >= 0.6 is 11.6 Å². The molecule has 30 heavy (non-hydrogen) atoms. The maximum absolute atomic E-state index is 13.1. The summed E-state index contributed by atoms with van der Waals surface area (Å²) in [6, 6.07) is 16.3. The zero-order valence-corrected chi connectivity index (χ0v) is 17.9. The SMILES string of the molecule is Cc1ccccc1NS(=O)(=O)c1cc(C(=O)NC(C)c2ccc(F)cc2)ccc1Cl. The number of para-hydroxylation sites is 1. The van der Waals surface area contributed by atoms with Crippen molar-refractivity contribution in [3.63, 3.8) is 0 Å². The first-order valence-electron chi connectivity index (χ1n) is 9.12. The smallest absolute Gasteiger partial charge is 0.263 e. The van der Waals surface area contributed by atoms with Gasteiger partial charge in [0.25, 0.3) is 15.9 Å². The van der Waals surface area contributed by atoms with Gasteiger partial charge in [-0.1, -0.05) is 41.9 Å². The van der Waals surface area contributed by atoms with Crippen LogP contribution in [0.1, 0.15) is 34.5 Å². The first-order valence-corrected chi connectivity index (χ1v) is 11.0. The van der Waals surface area contributed by atoms with Gasteiger partial charge >= 0.3 is 0 Å². The third kappa shape index (κ3) is 4.98. The van der Waals surface area contributed by atoms with Crippen LogP contribution in [0.3, 0.4) is 0 Å². The van der Waals surface area contributed by atoms with Crippen molar-refractivity contribution in [1.29, 1.82) is 0 Å². The number of anilines is 1. The summed E-state index contributed by atoms with van der Waals surface area (Å²) in [5.74, 6) is -0.846. The highest BCUT2D eigenvalue weighted by Gasteiger charge is 2.21. The summed E-state index contributed by atoms with van der Waals surface area (Å²) in [5.41, 5.74) is 2.03. The molecule has 2 N–H and O–H groups in total. The maximum atomic E-state index is 13.1. The molecule has 1 atom stereocenters. The quantitative estimate of drug-likeness (QED) is 0.554. The van der Waals surface area contributed by atoms with Crippen LogP contribution in [0.25, 0.3) is 0 Å². The first-order chi connectivity index (χ1) is 14.2. The van der Waals surface area contributed by atoms with E-state index in [1.165, 1.54) is 30.3 Å². The number of hydrogen-bond donors (Lipinski definition) is 2. The Morgan fingerprint density at radius 1 is 1.03 bits per heavy atom. The zero-order chi connectivity index (χ0) is 21.9. The van der Waals surface area contributed by atoms with Gasteiger partial charge in [-0.3, -0.25) is 9.52 Å². The van der Waals surface area contributed by atoms with Gasteiger partial charge in [0.05, 0.1) is 16.8 Å². The molecule has 1 unspecified atom stereocenters. The molecule has 156 valence electrons. The van der Waals surface area contributed by atoms with Crippen LogP contribution in [-0.4, -0.2) is 14.3 Å². The van der Waals surface area contributed by atoms with Gasteiger partial charge in [0.1, 0.15) is 10.7 Å². The molecule has 0 aliphatic rings. The van der Waals surface area contributed by atoms with Crippen molar-refractivity contribution < 1.29 is 17.6 Å². The van der Waals surface area contributed by atoms with Gasteiger partial charge in [0.15, 0.2) is 0 Å². The van der Waals surface area contributed by atoms with Crippen LogP contribution < -0.4 is 10.0 Å². The third-order valence-corrected chi connectivity index (χ3v) is 6.44. The number of amides is 1. The summed E-state index contributed by atoms with van der Waals surface area (Å²) in [6.45, 7) is 3.53. The average Bonchev–Trinajstić information content (AvgIpc) is 2.70. The molecular formula is C22H20ClFN2O3S. The number of rotatable bonds is 6. The molecule has 5 nitrogen and oxygen atoms in total. The molecule has 0 aromatic heterocycles. The Labute approximate surface area is 179 Å². The van der Waals surface area contributed by atoms with Crippen LogP contribution in [0, 0.1) is 12.7 Å². The topological polar surface area (TPSA) is 75.3 Å². The molecule has 0 spiro atoms. The minimum Gasteiger partial charge on any atom is -0.346 e. The Kier molecular flexibility index (Phi) is 6.43. The fraction of sp³-hybridized carbons (Fsp3) is 0.136. The highest BCUT2D eigenvalue weighted by Crippen LogP contribution is 2.26. The minimum atomic E-state index is -4.01. The lowest BCUT2D eigenvalue weighted by Gasteiger charge is -2.16. The van der Waals surface area contributed by atoms with Crippen molar-refractivity contribution >= 4 is 33.2 Å². The summed E-state index contributed by atoms with van der Waals surface area (Å²) in [5, 5.41) is 2.77. The van der Waals surface area contributed by atoms with Gasteiger partial charge in [-0.25, -0.2) is 12.8 Å². The lowest BCUT2D eigenvalue weighted by Crippen LogP contribution is -2.27. The fourth-order valence-electron chi connectivity index (χ4n) is 2.85. The molecule has 0 aliphatic heterocycles. The predicted molar refractivity (Wildman–Crippen MR) is 116 cm³/mol. The number of halogens is 2. The fourth-order valence-corrected chi connectivity index (χ4v) is 4.51. The molecule has 0 saturated heterocycles. The molecular weight excluding hydrogens is 427 g/mol. The minimum absolute atomic E-state index is 0.000725. The Balaban J connectivity index is 1.84. The molecule has 0 bridgehead atoms. The number of aryl methyl sites for hydroxylation is 1. The Hall–Kier alpha value is -2.90. The molecule has 8 heteroatoms. The Morgan fingerprint density at radius 3 is 2.37 bits per heavy atom. The molecule has 0 heterocycles. The summed E-state index contributed by atoms with van der Waals surface area (Å²) < 4.78 is 41.3. The predicted octanol–water partition coefficient (Wildman–Crippen LogP) is 5.08.